The molecule has 0 atom stereocenters. The maximum atomic E-state index is 6.12. The zero-order valence-electron chi connectivity index (χ0n) is 8.13. The van der Waals surface area contributed by atoms with Gasteiger partial charge in [0, 0.05) is 22.2 Å². The van der Waals surface area contributed by atoms with Crippen molar-refractivity contribution in [3.63, 3.8) is 0 Å². The summed E-state index contributed by atoms with van der Waals surface area (Å²) in [5, 5.41) is 1.18. The first kappa shape index (κ1) is 10.2. The van der Waals surface area contributed by atoms with Gasteiger partial charge in [0.2, 0.25) is 0 Å². The number of nitrogens with one attached hydrogen (secondary N) is 1. The molecule has 3 rings (SSSR count). The van der Waals surface area contributed by atoms with Gasteiger partial charge in [0.25, 0.3) is 0 Å². The van der Waals surface area contributed by atoms with Crippen LogP contribution in [-0.4, -0.2) is 4.98 Å². The summed E-state index contributed by atoms with van der Waals surface area (Å²) in [6.07, 6.45) is 0. The molecule has 3 aromatic rings. The molecule has 0 aliphatic carbocycles. The van der Waals surface area contributed by atoms with Crippen LogP contribution in [0.2, 0.25) is 8.67 Å². The molecule has 0 amide bonds. The molecule has 80 valence electrons. The lowest BCUT2D eigenvalue weighted by molar-refractivity contribution is 1.47. The monoisotopic (exact) mass is 267 g/mol. The topological polar surface area (TPSA) is 15.8 Å². The second-order valence-corrected chi connectivity index (χ2v) is 5.79. The van der Waals surface area contributed by atoms with Crippen LogP contribution in [0.15, 0.2) is 36.4 Å². The molecule has 0 radical (unpaired) electrons. The van der Waals surface area contributed by atoms with E-state index in [4.69, 9.17) is 23.2 Å². The lowest BCUT2D eigenvalue weighted by Gasteiger charge is -1.92. The van der Waals surface area contributed by atoms with Gasteiger partial charge in [-0.2, -0.15) is 0 Å². The van der Waals surface area contributed by atoms with Crippen LogP contribution in [0.5, 0.6) is 0 Å². The summed E-state index contributed by atoms with van der Waals surface area (Å²) in [6, 6.07) is 12.1. The van der Waals surface area contributed by atoms with E-state index >= 15 is 0 Å². The highest BCUT2D eigenvalue weighted by molar-refractivity contribution is 7.20. The van der Waals surface area contributed by atoms with Crippen molar-refractivity contribution in [2.24, 2.45) is 0 Å². The fourth-order valence-electron chi connectivity index (χ4n) is 1.74. The zero-order chi connectivity index (χ0) is 11.1. The molecule has 0 unspecified atom stereocenters. The van der Waals surface area contributed by atoms with Gasteiger partial charge in [-0.05, 0) is 18.2 Å². The van der Waals surface area contributed by atoms with Crippen molar-refractivity contribution < 1.29 is 0 Å². The van der Waals surface area contributed by atoms with E-state index in [0.717, 1.165) is 21.1 Å². The van der Waals surface area contributed by atoms with Crippen molar-refractivity contribution >= 4 is 45.4 Å². The summed E-state index contributed by atoms with van der Waals surface area (Å²) in [5.41, 5.74) is 3.08. The molecule has 0 bridgehead atoms. The van der Waals surface area contributed by atoms with Gasteiger partial charge in [-0.25, -0.2) is 0 Å². The minimum atomic E-state index is 0.707. The van der Waals surface area contributed by atoms with Gasteiger partial charge in [-0.15, -0.1) is 11.3 Å². The van der Waals surface area contributed by atoms with E-state index in [1.807, 2.05) is 24.3 Å². The maximum absolute atomic E-state index is 6.12. The van der Waals surface area contributed by atoms with Crippen molar-refractivity contribution in [3.8, 4) is 11.3 Å². The molecule has 1 nitrogen and oxygen atoms in total. The molecule has 0 aliphatic heterocycles. The third-order valence-corrected chi connectivity index (χ3v) is 3.96. The number of aromatic amines is 1. The number of H-pyrrole nitrogens is 1. The molecule has 2 heterocycles. The molecule has 0 saturated heterocycles. The summed E-state index contributed by atoms with van der Waals surface area (Å²) in [6.45, 7) is 0. The highest BCUT2D eigenvalue weighted by Gasteiger charge is 2.10. The van der Waals surface area contributed by atoms with Crippen molar-refractivity contribution in [1.82, 2.24) is 4.98 Å². The smallest absolute Gasteiger partial charge is 0.104 e. The number of para-hydroxylation sites is 1. The van der Waals surface area contributed by atoms with Crippen molar-refractivity contribution in [2.75, 3.05) is 0 Å². The number of hydrogen-bond donors (Lipinski definition) is 1. The van der Waals surface area contributed by atoms with Crippen LogP contribution >= 0.6 is 34.5 Å². The molecular weight excluding hydrogens is 261 g/mol. The third kappa shape index (κ3) is 1.63. The zero-order valence-corrected chi connectivity index (χ0v) is 10.5. The summed E-state index contributed by atoms with van der Waals surface area (Å²) in [4.78, 5) is 3.33. The second kappa shape index (κ2) is 3.81. The average Bonchev–Trinajstić information content (AvgIpc) is 2.81. The predicted molar refractivity (Wildman–Crippen MR) is 71.6 cm³/mol. The number of hydrogen-bond acceptors (Lipinski definition) is 1. The highest BCUT2D eigenvalue weighted by atomic mass is 35.5. The summed E-state index contributed by atoms with van der Waals surface area (Å²) >= 11 is 13.4. The molecule has 0 aliphatic rings. The Bertz CT molecular complexity index is 621. The number of aromatic nitrogens is 1. The van der Waals surface area contributed by atoms with Crippen molar-refractivity contribution in [2.45, 2.75) is 0 Å². The molecule has 4 heteroatoms. The number of thiophene rings is 1. The quantitative estimate of drug-likeness (QED) is 0.624. The molecule has 0 spiro atoms. The van der Waals surface area contributed by atoms with Gasteiger partial charge in [-0.1, -0.05) is 41.4 Å². The summed E-state index contributed by atoms with van der Waals surface area (Å²) in [7, 11) is 0. The van der Waals surface area contributed by atoms with E-state index in [9.17, 15) is 0 Å². The Labute approximate surface area is 107 Å². The van der Waals surface area contributed by atoms with E-state index in [1.54, 1.807) is 0 Å². The van der Waals surface area contributed by atoms with E-state index in [2.05, 4.69) is 17.1 Å². The van der Waals surface area contributed by atoms with Crippen LogP contribution < -0.4 is 0 Å². The van der Waals surface area contributed by atoms with Crippen LogP contribution in [0.1, 0.15) is 0 Å². The maximum Gasteiger partial charge on any atom is 0.104 e. The third-order valence-electron chi connectivity index (χ3n) is 2.48. The second-order valence-electron chi connectivity index (χ2n) is 3.51. The van der Waals surface area contributed by atoms with Gasteiger partial charge in [-0.3, -0.25) is 0 Å². The molecule has 0 fully saturated rings. The first-order valence-electron chi connectivity index (χ1n) is 4.77. The minimum Gasteiger partial charge on any atom is -0.354 e. The Balaban J connectivity index is 2.22. The first-order chi connectivity index (χ1) is 7.74. The number of benzene rings is 1. The highest BCUT2D eigenvalue weighted by Crippen LogP contribution is 2.38. The van der Waals surface area contributed by atoms with Crippen LogP contribution in [0, 0.1) is 0 Å². The Morgan fingerprint density at radius 2 is 1.88 bits per heavy atom. The SMILES string of the molecule is Clc1cc(-c2cc3ccccc3[nH]2)c(Cl)s1. The average molecular weight is 268 g/mol. The van der Waals surface area contributed by atoms with E-state index in [1.165, 1.54) is 16.7 Å². The Morgan fingerprint density at radius 1 is 1.06 bits per heavy atom. The molecule has 1 N–H and O–H groups in total. The Kier molecular flexibility index (Phi) is 2.43. The number of rotatable bonds is 1. The normalized spacial score (nSPS) is 11.1. The van der Waals surface area contributed by atoms with Crippen molar-refractivity contribution in [1.29, 1.82) is 0 Å². The lowest BCUT2D eigenvalue weighted by atomic mass is 10.2. The van der Waals surface area contributed by atoms with Crippen LogP contribution in [0.3, 0.4) is 0 Å². The van der Waals surface area contributed by atoms with Gasteiger partial charge in [0.05, 0.1) is 4.34 Å². The predicted octanol–water partition coefficient (Wildman–Crippen LogP) is 5.20. The van der Waals surface area contributed by atoms with Crippen LogP contribution in [0.4, 0.5) is 0 Å². The molecule has 2 aromatic heterocycles. The first-order valence-corrected chi connectivity index (χ1v) is 6.34. The molecule has 16 heavy (non-hydrogen) atoms. The van der Waals surface area contributed by atoms with Gasteiger partial charge >= 0.3 is 0 Å². The largest absolute Gasteiger partial charge is 0.354 e. The lowest BCUT2D eigenvalue weighted by Crippen LogP contribution is -1.72. The minimum absolute atomic E-state index is 0.707. The fraction of sp³-hybridized carbons (Fsp3) is 0. The van der Waals surface area contributed by atoms with E-state index in [-0.39, 0.29) is 0 Å². The summed E-state index contributed by atoms with van der Waals surface area (Å²) < 4.78 is 1.43. The molecule has 0 saturated carbocycles. The van der Waals surface area contributed by atoms with Gasteiger partial charge in [0.1, 0.15) is 4.34 Å². The van der Waals surface area contributed by atoms with E-state index < -0.39 is 0 Å². The fourth-order valence-corrected chi connectivity index (χ4v) is 3.23. The number of fused-ring (bicyclic) bond motifs is 1. The van der Waals surface area contributed by atoms with Gasteiger partial charge < -0.3 is 4.98 Å². The molecule has 1 aromatic carbocycles. The van der Waals surface area contributed by atoms with E-state index in [0.29, 0.717) is 4.34 Å². The molecular formula is C12H7Cl2NS. The summed E-state index contributed by atoms with van der Waals surface area (Å²) in [5.74, 6) is 0. The number of halogens is 2. The Hall–Kier alpha value is -0.960. The van der Waals surface area contributed by atoms with Crippen molar-refractivity contribution in [3.05, 3.63) is 45.1 Å². The van der Waals surface area contributed by atoms with Crippen LogP contribution in [-0.2, 0) is 0 Å². The van der Waals surface area contributed by atoms with Crippen LogP contribution in [0.25, 0.3) is 22.2 Å². The Morgan fingerprint density at radius 3 is 2.56 bits per heavy atom. The van der Waals surface area contributed by atoms with Gasteiger partial charge in [0.15, 0.2) is 0 Å². The standard InChI is InChI=1S/C12H7Cl2NS/c13-11-6-8(12(14)16-11)10-5-7-3-1-2-4-9(7)15-10/h1-6,15H.